The van der Waals surface area contributed by atoms with E-state index >= 15 is 0 Å². The molecule has 9 heteroatoms. The zero-order valence-electron chi connectivity index (χ0n) is 13.8. The lowest BCUT2D eigenvalue weighted by Crippen LogP contribution is -2.41. The third-order valence-corrected chi connectivity index (χ3v) is 3.83. The topological polar surface area (TPSA) is 64.8 Å². The second kappa shape index (κ2) is 11.3. The minimum Gasteiger partial charge on any atom is -0.493 e. The Balaban J connectivity index is 0.00000529. The van der Waals surface area contributed by atoms with Crippen LogP contribution < -0.4 is 15.2 Å². The van der Waals surface area contributed by atoms with Crippen molar-refractivity contribution in [2.45, 2.75) is 25.6 Å². The highest BCUT2D eigenvalue weighted by Gasteiger charge is 2.19. The SMILES string of the molecule is COc1ccc(CN(C)C(=O)[C@@H](N)CCSC)cc1OC(F)F.Cl. The predicted molar refractivity (Wildman–Crippen MR) is 94.3 cm³/mol. The van der Waals surface area contributed by atoms with Gasteiger partial charge in [0.1, 0.15) is 0 Å². The average molecular weight is 385 g/mol. The molecule has 0 aromatic heterocycles. The molecule has 0 aliphatic carbocycles. The number of thioether (sulfide) groups is 1. The van der Waals surface area contributed by atoms with E-state index in [9.17, 15) is 13.6 Å². The van der Waals surface area contributed by atoms with Crippen molar-refractivity contribution in [1.29, 1.82) is 0 Å². The van der Waals surface area contributed by atoms with Gasteiger partial charge in [-0.3, -0.25) is 4.79 Å². The van der Waals surface area contributed by atoms with E-state index in [0.29, 0.717) is 12.0 Å². The molecule has 0 saturated heterocycles. The number of methoxy groups -OCH3 is 1. The smallest absolute Gasteiger partial charge is 0.387 e. The Bertz CT molecular complexity index is 523. The van der Waals surface area contributed by atoms with Gasteiger partial charge in [0, 0.05) is 13.6 Å². The molecule has 0 radical (unpaired) electrons. The van der Waals surface area contributed by atoms with E-state index in [1.807, 2.05) is 6.26 Å². The van der Waals surface area contributed by atoms with Crippen LogP contribution in [0.4, 0.5) is 8.78 Å². The van der Waals surface area contributed by atoms with Gasteiger partial charge >= 0.3 is 6.61 Å². The summed E-state index contributed by atoms with van der Waals surface area (Å²) in [4.78, 5) is 13.6. The molecule has 1 amide bonds. The van der Waals surface area contributed by atoms with Crippen molar-refractivity contribution in [3.8, 4) is 11.5 Å². The first-order valence-electron chi connectivity index (χ1n) is 7.00. The number of rotatable bonds is 9. The van der Waals surface area contributed by atoms with E-state index in [1.54, 1.807) is 24.9 Å². The normalized spacial score (nSPS) is 11.6. The number of hydrogen-bond donors (Lipinski definition) is 1. The van der Waals surface area contributed by atoms with Crippen LogP contribution >= 0.6 is 24.2 Å². The monoisotopic (exact) mass is 384 g/mol. The number of benzene rings is 1. The van der Waals surface area contributed by atoms with Crippen molar-refractivity contribution in [2.75, 3.05) is 26.2 Å². The van der Waals surface area contributed by atoms with E-state index in [1.165, 1.54) is 24.1 Å². The highest BCUT2D eigenvalue weighted by Crippen LogP contribution is 2.29. The molecule has 2 N–H and O–H groups in total. The predicted octanol–water partition coefficient (Wildman–Crippen LogP) is 2.76. The summed E-state index contributed by atoms with van der Waals surface area (Å²) in [5.41, 5.74) is 6.50. The molecule has 0 spiro atoms. The number of amides is 1. The summed E-state index contributed by atoms with van der Waals surface area (Å²) in [6.07, 6.45) is 2.54. The van der Waals surface area contributed by atoms with Crippen LogP contribution in [0.2, 0.25) is 0 Å². The number of carbonyl (C=O) groups is 1. The molecular weight excluding hydrogens is 362 g/mol. The Morgan fingerprint density at radius 1 is 1.38 bits per heavy atom. The number of likely N-dealkylation sites (N-methyl/N-ethyl adjacent to an activating group) is 1. The number of halogens is 3. The van der Waals surface area contributed by atoms with Gasteiger partial charge in [0.05, 0.1) is 13.2 Å². The van der Waals surface area contributed by atoms with E-state index in [2.05, 4.69) is 4.74 Å². The molecule has 1 aromatic rings. The fourth-order valence-corrected chi connectivity index (χ4v) is 2.50. The van der Waals surface area contributed by atoms with Crippen molar-refractivity contribution in [1.82, 2.24) is 4.90 Å². The standard InChI is InChI=1S/C15H22F2N2O3S.ClH/c1-19(14(20)11(18)6-7-23-3)9-10-4-5-12(21-2)13(8-10)22-15(16)17;/h4-5,8,11,15H,6-7,9,18H2,1-3H3;1H/t11-;/m0./s1. The molecule has 0 aliphatic rings. The van der Waals surface area contributed by atoms with Crippen molar-refractivity contribution in [3.63, 3.8) is 0 Å². The van der Waals surface area contributed by atoms with E-state index in [-0.39, 0.29) is 36.4 Å². The Morgan fingerprint density at radius 3 is 2.58 bits per heavy atom. The van der Waals surface area contributed by atoms with Crippen molar-refractivity contribution in [2.24, 2.45) is 5.73 Å². The molecule has 1 aromatic carbocycles. The lowest BCUT2D eigenvalue weighted by Gasteiger charge is -2.22. The van der Waals surface area contributed by atoms with Crippen LogP contribution in [0.3, 0.4) is 0 Å². The summed E-state index contributed by atoms with van der Waals surface area (Å²) >= 11 is 1.62. The summed E-state index contributed by atoms with van der Waals surface area (Å²) in [5, 5.41) is 0. The van der Waals surface area contributed by atoms with Gasteiger partial charge < -0.3 is 20.1 Å². The second-order valence-electron chi connectivity index (χ2n) is 4.95. The Kier molecular flexibility index (Phi) is 10.7. The van der Waals surface area contributed by atoms with Crippen molar-refractivity contribution < 1.29 is 23.0 Å². The minimum atomic E-state index is -2.95. The number of ether oxygens (including phenoxy) is 2. The van der Waals surface area contributed by atoms with Crippen LogP contribution in [0, 0.1) is 0 Å². The van der Waals surface area contributed by atoms with Crippen LogP contribution in [0.1, 0.15) is 12.0 Å². The maximum absolute atomic E-state index is 12.4. The van der Waals surface area contributed by atoms with Crippen LogP contribution in [-0.4, -0.2) is 49.6 Å². The van der Waals surface area contributed by atoms with Crippen LogP contribution in [-0.2, 0) is 11.3 Å². The highest BCUT2D eigenvalue weighted by molar-refractivity contribution is 7.98. The highest BCUT2D eigenvalue weighted by atomic mass is 35.5. The average Bonchev–Trinajstić information content (AvgIpc) is 2.51. The van der Waals surface area contributed by atoms with E-state index in [4.69, 9.17) is 10.5 Å². The Hall–Kier alpha value is -1.25. The van der Waals surface area contributed by atoms with Crippen molar-refractivity contribution >= 4 is 30.1 Å². The molecule has 1 atom stereocenters. The third-order valence-electron chi connectivity index (χ3n) is 3.19. The first-order chi connectivity index (χ1) is 10.9. The number of nitrogens with two attached hydrogens (primary N) is 1. The molecule has 0 fully saturated rings. The fraction of sp³-hybridized carbons (Fsp3) is 0.533. The molecule has 24 heavy (non-hydrogen) atoms. The molecule has 0 aliphatic heterocycles. The molecular formula is C15H23ClF2N2O3S. The van der Waals surface area contributed by atoms with Gasteiger partial charge in [-0.15, -0.1) is 12.4 Å². The van der Waals surface area contributed by atoms with Crippen LogP contribution in [0.15, 0.2) is 18.2 Å². The van der Waals surface area contributed by atoms with Gasteiger partial charge in [0.25, 0.3) is 0 Å². The van der Waals surface area contributed by atoms with E-state index < -0.39 is 12.7 Å². The molecule has 1 rings (SSSR count). The van der Waals surface area contributed by atoms with Gasteiger partial charge in [0.15, 0.2) is 11.5 Å². The fourth-order valence-electron chi connectivity index (χ4n) is 2.01. The van der Waals surface area contributed by atoms with Gasteiger partial charge in [-0.1, -0.05) is 6.07 Å². The van der Waals surface area contributed by atoms with Gasteiger partial charge in [-0.2, -0.15) is 20.5 Å². The zero-order chi connectivity index (χ0) is 17.4. The molecule has 0 saturated carbocycles. The summed E-state index contributed by atoms with van der Waals surface area (Å²) in [6.45, 7) is -2.70. The van der Waals surface area contributed by atoms with Gasteiger partial charge in [0.2, 0.25) is 5.91 Å². The van der Waals surface area contributed by atoms with Crippen LogP contribution in [0.5, 0.6) is 11.5 Å². The Labute approximate surface area is 151 Å². The zero-order valence-corrected chi connectivity index (χ0v) is 15.5. The number of nitrogens with zero attached hydrogens (tertiary/aromatic N) is 1. The largest absolute Gasteiger partial charge is 0.493 e. The summed E-state index contributed by atoms with van der Waals surface area (Å²) in [6, 6.07) is 4.08. The molecule has 0 bridgehead atoms. The van der Waals surface area contributed by atoms with Gasteiger partial charge in [-0.25, -0.2) is 0 Å². The van der Waals surface area contributed by atoms with E-state index in [0.717, 1.165) is 5.75 Å². The lowest BCUT2D eigenvalue weighted by atomic mass is 10.1. The van der Waals surface area contributed by atoms with Crippen molar-refractivity contribution in [3.05, 3.63) is 23.8 Å². The third kappa shape index (κ3) is 7.11. The minimum absolute atomic E-state index is 0. The number of carbonyl (C=O) groups excluding carboxylic acids is 1. The molecule has 0 unspecified atom stereocenters. The maximum atomic E-state index is 12.4. The number of alkyl halides is 2. The maximum Gasteiger partial charge on any atom is 0.387 e. The summed E-state index contributed by atoms with van der Waals surface area (Å²) in [7, 11) is 2.99. The summed E-state index contributed by atoms with van der Waals surface area (Å²) < 4.78 is 34.3. The molecule has 5 nitrogen and oxygen atoms in total. The second-order valence-corrected chi connectivity index (χ2v) is 5.93. The Morgan fingerprint density at radius 2 is 2.04 bits per heavy atom. The number of hydrogen-bond acceptors (Lipinski definition) is 5. The quantitative estimate of drug-likeness (QED) is 0.709. The summed E-state index contributed by atoms with van der Waals surface area (Å²) in [5.74, 6) is 0.758. The van der Waals surface area contributed by atoms with Crippen LogP contribution in [0.25, 0.3) is 0 Å². The first kappa shape index (κ1) is 22.8. The first-order valence-corrected chi connectivity index (χ1v) is 8.39. The van der Waals surface area contributed by atoms with Gasteiger partial charge in [-0.05, 0) is 36.1 Å². The lowest BCUT2D eigenvalue weighted by molar-refractivity contribution is -0.131. The molecule has 138 valence electrons. The molecule has 0 heterocycles.